The largest absolute Gasteiger partial charge is 0.505 e. The minimum atomic E-state index is -0.862. The Kier molecular flexibility index (Phi) is 2.96. The number of aliphatic hydroxyl groups excluding tert-OH is 2. The van der Waals surface area contributed by atoms with E-state index in [1.165, 1.54) is 0 Å². The topological polar surface area (TPSA) is 66.8 Å². The van der Waals surface area contributed by atoms with E-state index in [9.17, 15) is 4.79 Å². The molecule has 0 aromatic carbocycles. The summed E-state index contributed by atoms with van der Waals surface area (Å²) < 4.78 is 6.36. The van der Waals surface area contributed by atoms with Gasteiger partial charge in [-0.1, -0.05) is 28.7 Å². The summed E-state index contributed by atoms with van der Waals surface area (Å²) in [5.41, 5.74) is 0. The lowest BCUT2D eigenvalue weighted by molar-refractivity contribution is -0.142. The van der Waals surface area contributed by atoms with Crippen molar-refractivity contribution in [3.8, 4) is 0 Å². The normalized spacial score (nSPS) is 23.8. The van der Waals surface area contributed by atoms with E-state index in [1.54, 1.807) is 10.2 Å². The molecule has 0 amide bonds. The maximum absolute atomic E-state index is 10.6. The predicted octanol–water partition coefficient (Wildman–Crippen LogP) is 1.58. The van der Waals surface area contributed by atoms with Crippen LogP contribution in [0.25, 0.3) is 0 Å². The second-order valence-corrected chi connectivity index (χ2v) is 2.94. The van der Waals surface area contributed by atoms with Gasteiger partial charge in [0.15, 0.2) is 11.9 Å². The fourth-order valence-electron chi connectivity index (χ4n) is 0.833. The summed E-state index contributed by atoms with van der Waals surface area (Å²) in [4.78, 5) is 10.6. The van der Waals surface area contributed by atoms with Gasteiger partial charge in [0, 0.05) is 6.42 Å². The van der Waals surface area contributed by atoms with Gasteiger partial charge in [-0.3, -0.25) is 0 Å². The van der Waals surface area contributed by atoms with Crippen LogP contribution in [0.3, 0.4) is 0 Å². The van der Waals surface area contributed by atoms with Gasteiger partial charge in [-0.05, 0) is 4.08 Å². The Bertz CT molecular complexity index is 256. The molecule has 0 radical (unpaired) electrons. The maximum Gasteiger partial charge on any atom is 0.377 e. The number of carbonyl (C=O) groups is 1. The summed E-state index contributed by atoms with van der Waals surface area (Å²) >= 11 is 2.01. The zero-order valence-corrected chi connectivity index (χ0v) is 8.19. The lowest BCUT2D eigenvalue weighted by Gasteiger charge is -2.04. The molecular formula is C7H7IO4. The molecule has 0 aliphatic carbocycles. The maximum atomic E-state index is 10.6. The number of halogens is 1. The minimum absolute atomic E-state index is 0.380. The third kappa shape index (κ3) is 1.71. The highest BCUT2D eigenvalue weighted by molar-refractivity contribution is 14.1. The molecule has 5 heteroatoms. The third-order valence-electron chi connectivity index (χ3n) is 1.43. The number of rotatable bonds is 2. The summed E-state index contributed by atoms with van der Waals surface area (Å²) in [6.45, 7) is 0. The van der Waals surface area contributed by atoms with Gasteiger partial charge in [0.25, 0.3) is 0 Å². The van der Waals surface area contributed by atoms with Crippen LogP contribution < -0.4 is 0 Å². The van der Waals surface area contributed by atoms with Gasteiger partial charge in [-0.15, -0.1) is 0 Å². The van der Waals surface area contributed by atoms with Crippen LogP contribution in [-0.2, 0) is 9.53 Å². The number of cyclic esters (lactones) is 1. The highest BCUT2D eigenvalue weighted by Crippen LogP contribution is 2.21. The highest BCUT2D eigenvalue weighted by Gasteiger charge is 2.33. The Labute approximate surface area is 82.7 Å². The van der Waals surface area contributed by atoms with Crippen molar-refractivity contribution in [3.05, 3.63) is 21.7 Å². The number of carbonyl (C=O) groups excluding carboxylic acids is 1. The molecule has 0 aromatic rings. The Morgan fingerprint density at radius 2 is 2.25 bits per heavy atom. The highest BCUT2D eigenvalue weighted by atomic mass is 127. The molecular weight excluding hydrogens is 275 g/mol. The molecule has 0 bridgehead atoms. The van der Waals surface area contributed by atoms with Crippen LogP contribution in [0, 0.1) is 0 Å². The summed E-state index contributed by atoms with van der Waals surface area (Å²) in [7, 11) is 0. The summed E-state index contributed by atoms with van der Waals surface area (Å²) in [5, 5.41) is 18.0. The van der Waals surface area contributed by atoms with Gasteiger partial charge >= 0.3 is 5.97 Å². The van der Waals surface area contributed by atoms with E-state index >= 15 is 0 Å². The van der Waals surface area contributed by atoms with E-state index in [0.29, 0.717) is 6.42 Å². The third-order valence-corrected chi connectivity index (χ3v) is 1.94. The molecule has 0 fully saturated rings. The van der Waals surface area contributed by atoms with Crippen LogP contribution in [0.1, 0.15) is 6.42 Å². The average Bonchev–Trinajstić information content (AvgIpc) is 2.30. The summed E-state index contributed by atoms with van der Waals surface area (Å²) in [6, 6.07) is 0. The van der Waals surface area contributed by atoms with Crippen LogP contribution in [0.2, 0.25) is 0 Å². The molecule has 0 spiro atoms. The predicted molar refractivity (Wildman–Crippen MR) is 49.9 cm³/mol. The molecule has 0 saturated heterocycles. The fourth-order valence-corrected chi connectivity index (χ4v) is 1.13. The molecule has 1 aliphatic heterocycles. The monoisotopic (exact) mass is 282 g/mol. The number of hydrogen-bond donors (Lipinski definition) is 2. The van der Waals surface area contributed by atoms with Crippen LogP contribution in [0.15, 0.2) is 21.7 Å². The molecule has 0 aromatic heterocycles. The first-order valence-electron chi connectivity index (χ1n) is 3.25. The molecule has 1 aliphatic rings. The van der Waals surface area contributed by atoms with Gasteiger partial charge in [-0.2, -0.15) is 0 Å². The van der Waals surface area contributed by atoms with Gasteiger partial charge < -0.3 is 14.9 Å². The lowest BCUT2D eigenvalue weighted by Crippen LogP contribution is -2.09. The molecule has 66 valence electrons. The van der Waals surface area contributed by atoms with Crippen molar-refractivity contribution in [2.75, 3.05) is 0 Å². The van der Waals surface area contributed by atoms with E-state index in [-0.39, 0.29) is 5.76 Å². The fraction of sp³-hybridized carbons (Fsp3) is 0.286. The molecule has 0 saturated carbocycles. The van der Waals surface area contributed by atoms with E-state index in [2.05, 4.69) is 4.74 Å². The first kappa shape index (κ1) is 9.37. The quantitative estimate of drug-likeness (QED) is 0.596. The first-order chi connectivity index (χ1) is 5.66. The number of aliphatic hydroxyl groups is 2. The molecule has 2 N–H and O–H groups in total. The van der Waals surface area contributed by atoms with Gasteiger partial charge in [0.05, 0.1) is 0 Å². The van der Waals surface area contributed by atoms with E-state index in [1.807, 2.05) is 22.6 Å². The Balaban J connectivity index is 2.67. The Morgan fingerprint density at radius 3 is 2.67 bits per heavy atom. The molecule has 4 nitrogen and oxygen atoms in total. The number of hydrogen-bond acceptors (Lipinski definition) is 4. The standard InChI is InChI=1S/C7H7IO4/c8-3-1-2-4-5(9)6(10)7(11)12-4/h1,3-4,9-10H,2H2. The van der Waals surface area contributed by atoms with Crippen molar-refractivity contribution in [2.24, 2.45) is 0 Å². The minimum Gasteiger partial charge on any atom is -0.505 e. The van der Waals surface area contributed by atoms with E-state index in [4.69, 9.17) is 10.2 Å². The SMILES string of the molecule is O=C1OC(CC=CI)C(O)=C1O. The van der Waals surface area contributed by atoms with Crippen LogP contribution in [0.5, 0.6) is 0 Å². The molecule has 1 heterocycles. The first-order valence-corrected chi connectivity index (χ1v) is 4.49. The van der Waals surface area contributed by atoms with Crippen LogP contribution in [-0.4, -0.2) is 22.3 Å². The number of esters is 1. The molecule has 1 rings (SSSR count). The smallest absolute Gasteiger partial charge is 0.377 e. The Hall–Kier alpha value is -0.720. The molecule has 1 atom stereocenters. The average molecular weight is 282 g/mol. The second kappa shape index (κ2) is 3.79. The van der Waals surface area contributed by atoms with Gasteiger partial charge in [0.1, 0.15) is 0 Å². The van der Waals surface area contributed by atoms with Crippen molar-refractivity contribution in [1.82, 2.24) is 0 Å². The van der Waals surface area contributed by atoms with Crippen LogP contribution >= 0.6 is 22.6 Å². The van der Waals surface area contributed by atoms with Crippen molar-refractivity contribution in [1.29, 1.82) is 0 Å². The van der Waals surface area contributed by atoms with E-state index < -0.39 is 17.8 Å². The summed E-state index contributed by atoms with van der Waals surface area (Å²) in [6.07, 6.45) is 1.39. The van der Waals surface area contributed by atoms with Crippen molar-refractivity contribution < 1.29 is 19.7 Å². The summed E-state index contributed by atoms with van der Waals surface area (Å²) in [5.74, 6) is -1.92. The van der Waals surface area contributed by atoms with Crippen molar-refractivity contribution in [3.63, 3.8) is 0 Å². The van der Waals surface area contributed by atoms with Gasteiger partial charge in [0.2, 0.25) is 5.76 Å². The molecule has 12 heavy (non-hydrogen) atoms. The van der Waals surface area contributed by atoms with E-state index in [0.717, 1.165) is 0 Å². The Morgan fingerprint density at radius 1 is 1.58 bits per heavy atom. The van der Waals surface area contributed by atoms with Crippen molar-refractivity contribution >= 4 is 28.6 Å². The zero-order chi connectivity index (χ0) is 9.14. The zero-order valence-electron chi connectivity index (χ0n) is 6.03. The second-order valence-electron chi connectivity index (χ2n) is 2.23. The van der Waals surface area contributed by atoms with Gasteiger partial charge in [-0.25, -0.2) is 4.79 Å². The van der Waals surface area contributed by atoms with Crippen molar-refractivity contribution in [2.45, 2.75) is 12.5 Å². The lowest BCUT2D eigenvalue weighted by atomic mass is 10.2. The molecule has 1 unspecified atom stereocenters. The number of ether oxygens (including phenoxy) is 1. The van der Waals surface area contributed by atoms with Crippen LogP contribution in [0.4, 0.5) is 0 Å².